The minimum Gasteiger partial charge on any atom is -0.408 e. The molecule has 16 heteroatoms. The molecule has 4 heterocycles. The highest BCUT2D eigenvalue weighted by Gasteiger charge is 2.31. The van der Waals surface area contributed by atoms with Crippen LogP contribution in [0.3, 0.4) is 0 Å². The molecule has 0 aliphatic heterocycles. The van der Waals surface area contributed by atoms with Gasteiger partial charge in [0.15, 0.2) is 23.0 Å². The van der Waals surface area contributed by atoms with Gasteiger partial charge in [0.25, 0.3) is 5.96 Å². The maximum atomic E-state index is 10.2. The molecule has 16 nitrogen and oxygen atoms in total. The van der Waals surface area contributed by atoms with E-state index < -0.39 is 0 Å². The molecule has 0 spiro atoms. The molecule has 37 heavy (non-hydrogen) atoms. The van der Waals surface area contributed by atoms with E-state index >= 15 is 0 Å². The van der Waals surface area contributed by atoms with Crippen molar-refractivity contribution in [1.29, 1.82) is 0 Å². The molecule has 6 rings (SSSR count). The number of anilines is 2. The Hall–Kier alpha value is -5.93. The molecule has 0 radical (unpaired) electrons. The zero-order chi connectivity index (χ0) is 25.4. The monoisotopic (exact) mass is 497 g/mol. The van der Waals surface area contributed by atoms with Gasteiger partial charge in [-0.1, -0.05) is 71.1 Å². The third-order valence-electron chi connectivity index (χ3n) is 5.38. The fraction of sp³-hybridized carbons (Fsp3) is 0. The summed E-state index contributed by atoms with van der Waals surface area (Å²) in [6.45, 7) is 0. The topological polar surface area (TPSA) is 224 Å². The third-order valence-corrected chi connectivity index (χ3v) is 5.38. The van der Waals surface area contributed by atoms with Gasteiger partial charge in [-0.3, -0.25) is 0 Å². The Morgan fingerprint density at radius 1 is 0.649 bits per heavy atom. The summed E-state index contributed by atoms with van der Waals surface area (Å²) >= 11 is 0. The molecular formula is C21H15N13O3. The number of rotatable bonds is 4. The van der Waals surface area contributed by atoms with Crippen molar-refractivity contribution in [1.82, 2.24) is 50.6 Å². The average molecular weight is 497 g/mol. The molecule has 0 unspecified atom stereocenters. The lowest BCUT2D eigenvalue weighted by molar-refractivity contribution is 0.309. The van der Waals surface area contributed by atoms with Crippen LogP contribution in [0.15, 0.2) is 75.1 Å². The lowest BCUT2D eigenvalue weighted by Crippen LogP contribution is -2.26. The van der Waals surface area contributed by atoms with E-state index in [1.165, 1.54) is 0 Å². The second-order valence-electron chi connectivity index (χ2n) is 7.53. The SMILES string of the molecule is Nc1nonc1-c1c(-c2ccccc2)nnn1C(=NO)n1nnc(-c2ccccc2)c1-c1nonc1N. The van der Waals surface area contributed by atoms with Gasteiger partial charge in [-0.05, 0) is 25.8 Å². The van der Waals surface area contributed by atoms with Crippen LogP contribution in [0.25, 0.3) is 45.3 Å². The summed E-state index contributed by atoms with van der Waals surface area (Å²) in [6, 6.07) is 18.3. The number of oxime groups is 1. The molecule has 6 aromatic rings. The first-order chi connectivity index (χ1) is 18.2. The molecule has 5 N–H and O–H groups in total. The molecule has 0 bridgehead atoms. The average Bonchev–Trinajstić information content (AvgIpc) is 3.73. The molecule has 0 aliphatic carbocycles. The molecule has 0 fully saturated rings. The van der Waals surface area contributed by atoms with Gasteiger partial charge in [-0.15, -0.1) is 10.2 Å². The van der Waals surface area contributed by atoms with Crippen molar-refractivity contribution < 1.29 is 14.5 Å². The third kappa shape index (κ3) is 3.52. The summed E-state index contributed by atoms with van der Waals surface area (Å²) in [4.78, 5) is 0. The van der Waals surface area contributed by atoms with E-state index in [2.05, 4.69) is 46.4 Å². The van der Waals surface area contributed by atoms with Gasteiger partial charge < -0.3 is 16.7 Å². The van der Waals surface area contributed by atoms with Crippen molar-refractivity contribution in [3.63, 3.8) is 0 Å². The molecule has 2 aromatic carbocycles. The second kappa shape index (κ2) is 8.69. The van der Waals surface area contributed by atoms with Gasteiger partial charge in [-0.2, -0.15) is 9.36 Å². The highest BCUT2D eigenvalue weighted by atomic mass is 16.6. The van der Waals surface area contributed by atoms with Crippen molar-refractivity contribution >= 4 is 17.6 Å². The Balaban J connectivity index is 1.61. The molecule has 0 aliphatic rings. The molecular weight excluding hydrogens is 482 g/mol. The number of nitrogens with two attached hydrogens (primary N) is 2. The first kappa shape index (κ1) is 21.6. The van der Waals surface area contributed by atoms with Crippen LogP contribution in [0.1, 0.15) is 0 Å². The second-order valence-corrected chi connectivity index (χ2v) is 7.53. The van der Waals surface area contributed by atoms with E-state index in [4.69, 9.17) is 20.7 Å². The van der Waals surface area contributed by atoms with E-state index in [-0.39, 0.29) is 40.4 Å². The van der Waals surface area contributed by atoms with E-state index in [1.54, 1.807) is 0 Å². The summed E-state index contributed by atoms with van der Waals surface area (Å²) in [5.41, 5.74) is 14.7. The number of aromatic nitrogens is 10. The van der Waals surface area contributed by atoms with Crippen molar-refractivity contribution in [3.8, 4) is 45.3 Å². The molecule has 4 aromatic heterocycles. The number of nitrogens with zero attached hydrogens (tertiary/aromatic N) is 11. The van der Waals surface area contributed by atoms with E-state index in [1.807, 2.05) is 60.7 Å². The normalized spacial score (nSPS) is 11.0. The summed E-state index contributed by atoms with van der Waals surface area (Å²) in [5, 5.41) is 45.7. The van der Waals surface area contributed by atoms with Crippen LogP contribution in [0.5, 0.6) is 0 Å². The Morgan fingerprint density at radius 3 is 1.43 bits per heavy atom. The Labute approximate surface area is 205 Å². The fourth-order valence-electron chi connectivity index (χ4n) is 3.74. The van der Waals surface area contributed by atoms with Gasteiger partial charge >= 0.3 is 0 Å². The predicted octanol–water partition coefficient (Wildman–Crippen LogP) is 1.61. The highest BCUT2D eigenvalue weighted by molar-refractivity contribution is 5.95. The summed E-state index contributed by atoms with van der Waals surface area (Å²) in [6.07, 6.45) is 0. The molecule has 0 saturated carbocycles. The molecule has 0 atom stereocenters. The van der Waals surface area contributed by atoms with Gasteiger partial charge in [-0.25, -0.2) is 9.26 Å². The summed E-state index contributed by atoms with van der Waals surface area (Å²) < 4.78 is 12.0. The number of hydrogen-bond donors (Lipinski definition) is 3. The van der Waals surface area contributed by atoms with Crippen molar-refractivity contribution in [2.75, 3.05) is 11.5 Å². The van der Waals surface area contributed by atoms with Crippen LogP contribution in [-0.2, 0) is 0 Å². The Morgan fingerprint density at radius 2 is 1.08 bits per heavy atom. The van der Waals surface area contributed by atoms with Crippen LogP contribution in [0.2, 0.25) is 0 Å². The zero-order valence-corrected chi connectivity index (χ0v) is 18.6. The quantitative estimate of drug-likeness (QED) is 0.136. The van der Waals surface area contributed by atoms with Crippen molar-refractivity contribution in [2.45, 2.75) is 0 Å². The Bertz CT molecular complexity index is 1590. The highest BCUT2D eigenvalue weighted by Crippen LogP contribution is 2.34. The van der Waals surface area contributed by atoms with Crippen molar-refractivity contribution in [2.24, 2.45) is 5.16 Å². The molecule has 182 valence electrons. The fourth-order valence-corrected chi connectivity index (χ4v) is 3.74. The van der Waals surface area contributed by atoms with E-state index in [0.717, 1.165) is 9.36 Å². The van der Waals surface area contributed by atoms with Crippen LogP contribution >= 0.6 is 0 Å². The molecule has 0 amide bonds. The minimum absolute atomic E-state index is 0.0354. The standard InChI is InChI=1S/C21H15N13O3/c22-19-15(27-36-29-19)17-13(11-7-3-1-4-8-11)24-31-33(17)21(26-35)34-18(16-20(23)30-37-28-16)14(25-32-34)12-9-5-2-6-10-12/h1-10,35H,(H2,22,29)(H2,23,30). The van der Waals surface area contributed by atoms with E-state index in [0.29, 0.717) is 22.5 Å². The maximum Gasteiger partial charge on any atom is 0.292 e. The number of nitrogen functional groups attached to an aromatic ring is 2. The lowest BCUT2D eigenvalue weighted by atomic mass is 10.1. The van der Waals surface area contributed by atoms with Crippen LogP contribution < -0.4 is 11.5 Å². The zero-order valence-electron chi connectivity index (χ0n) is 18.6. The van der Waals surface area contributed by atoms with Crippen molar-refractivity contribution in [3.05, 3.63) is 60.7 Å². The van der Waals surface area contributed by atoms with Gasteiger partial charge in [0.2, 0.25) is 0 Å². The maximum absolute atomic E-state index is 10.2. The predicted molar refractivity (Wildman–Crippen MR) is 126 cm³/mol. The van der Waals surface area contributed by atoms with Crippen LogP contribution in [0.4, 0.5) is 11.6 Å². The Kier molecular flexibility index (Phi) is 5.07. The first-order valence-electron chi connectivity index (χ1n) is 10.6. The van der Waals surface area contributed by atoms with E-state index in [9.17, 15) is 5.21 Å². The van der Waals surface area contributed by atoms with Gasteiger partial charge in [0.1, 0.15) is 22.8 Å². The van der Waals surface area contributed by atoms with Crippen LogP contribution in [-0.4, -0.2) is 61.8 Å². The van der Waals surface area contributed by atoms with Crippen LogP contribution in [0, 0.1) is 0 Å². The molecule has 0 saturated heterocycles. The number of benzene rings is 2. The largest absolute Gasteiger partial charge is 0.408 e. The smallest absolute Gasteiger partial charge is 0.292 e. The first-order valence-corrected chi connectivity index (χ1v) is 10.6. The summed E-state index contributed by atoms with van der Waals surface area (Å²) in [5.74, 6) is -0.335. The van der Waals surface area contributed by atoms with Gasteiger partial charge in [0, 0.05) is 11.1 Å². The lowest BCUT2D eigenvalue weighted by Gasteiger charge is -2.10. The number of hydrogen-bond acceptors (Lipinski definition) is 14. The minimum atomic E-state index is -0.265. The van der Waals surface area contributed by atoms with Gasteiger partial charge in [0.05, 0.1) is 0 Å². The summed E-state index contributed by atoms with van der Waals surface area (Å²) in [7, 11) is 0.